The summed E-state index contributed by atoms with van der Waals surface area (Å²) in [7, 11) is 0. The number of hydrogen-bond donors (Lipinski definition) is 0. The Labute approximate surface area is 121 Å². The quantitative estimate of drug-likeness (QED) is 0.523. The van der Waals surface area contributed by atoms with Gasteiger partial charge in [0.2, 0.25) is 0 Å². The van der Waals surface area contributed by atoms with Crippen molar-refractivity contribution in [2.24, 2.45) is 0 Å². The van der Waals surface area contributed by atoms with Gasteiger partial charge in [0.15, 0.2) is 0 Å². The minimum atomic E-state index is -4.45. The van der Waals surface area contributed by atoms with E-state index < -0.39 is 17.6 Å². The third-order valence-electron chi connectivity index (χ3n) is 2.58. The summed E-state index contributed by atoms with van der Waals surface area (Å²) in [6.45, 7) is 0. The number of ether oxygens (including phenoxy) is 1. The predicted octanol–water partition coefficient (Wildman–Crippen LogP) is 5.53. The standard InChI is InChI=1S/C14H9BrF4O/c15-8-9-1-4-12(7-13(9)14(17,18)19)20-11-5-2-10(16)3-6-11/h1-7H,8H2. The Morgan fingerprint density at radius 2 is 1.55 bits per heavy atom. The van der Waals surface area contributed by atoms with Crippen LogP contribution in [0.3, 0.4) is 0 Å². The van der Waals surface area contributed by atoms with Crippen molar-refractivity contribution < 1.29 is 22.3 Å². The smallest absolute Gasteiger partial charge is 0.416 e. The van der Waals surface area contributed by atoms with Crippen LogP contribution in [-0.4, -0.2) is 0 Å². The van der Waals surface area contributed by atoms with E-state index in [4.69, 9.17) is 4.74 Å². The van der Waals surface area contributed by atoms with Crippen LogP contribution in [0.25, 0.3) is 0 Å². The summed E-state index contributed by atoms with van der Waals surface area (Å²) in [5.74, 6) is -0.122. The van der Waals surface area contributed by atoms with Gasteiger partial charge in [-0.2, -0.15) is 13.2 Å². The highest BCUT2D eigenvalue weighted by molar-refractivity contribution is 9.08. The summed E-state index contributed by atoms with van der Waals surface area (Å²) in [5.41, 5.74) is -0.627. The summed E-state index contributed by atoms with van der Waals surface area (Å²) in [6, 6.07) is 8.76. The lowest BCUT2D eigenvalue weighted by atomic mass is 10.1. The monoisotopic (exact) mass is 348 g/mol. The van der Waals surface area contributed by atoms with Crippen LogP contribution in [0.15, 0.2) is 42.5 Å². The number of halogens is 5. The molecule has 0 bridgehead atoms. The van der Waals surface area contributed by atoms with Crippen molar-refractivity contribution in [3.05, 3.63) is 59.4 Å². The van der Waals surface area contributed by atoms with Crippen LogP contribution in [0, 0.1) is 5.82 Å². The van der Waals surface area contributed by atoms with Crippen LogP contribution in [0.5, 0.6) is 11.5 Å². The van der Waals surface area contributed by atoms with Gasteiger partial charge in [0, 0.05) is 5.33 Å². The van der Waals surface area contributed by atoms with Crippen molar-refractivity contribution in [3.8, 4) is 11.5 Å². The van der Waals surface area contributed by atoms with Crippen LogP contribution < -0.4 is 4.74 Å². The van der Waals surface area contributed by atoms with E-state index in [9.17, 15) is 17.6 Å². The Hall–Kier alpha value is -1.56. The molecule has 0 aliphatic rings. The van der Waals surface area contributed by atoms with Crippen LogP contribution in [0.4, 0.5) is 17.6 Å². The highest BCUT2D eigenvalue weighted by Crippen LogP contribution is 2.36. The lowest BCUT2D eigenvalue weighted by Gasteiger charge is -2.13. The van der Waals surface area contributed by atoms with Gasteiger partial charge in [0.05, 0.1) is 5.56 Å². The molecular formula is C14H9BrF4O. The minimum Gasteiger partial charge on any atom is -0.457 e. The molecule has 2 aromatic rings. The van der Waals surface area contributed by atoms with E-state index in [0.717, 1.165) is 6.07 Å². The summed E-state index contributed by atoms with van der Waals surface area (Å²) in [5, 5.41) is 0.0959. The molecule has 0 aliphatic carbocycles. The molecule has 0 fully saturated rings. The van der Waals surface area contributed by atoms with Gasteiger partial charge in [0.1, 0.15) is 17.3 Å². The molecule has 20 heavy (non-hydrogen) atoms. The molecule has 0 aliphatic heterocycles. The average molecular weight is 349 g/mol. The molecule has 0 unspecified atom stereocenters. The highest BCUT2D eigenvalue weighted by Gasteiger charge is 2.33. The number of benzene rings is 2. The Balaban J connectivity index is 2.31. The Morgan fingerprint density at radius 1 is 0.950 bits per heavy atom. The lowest BCUT2D eigenvalue weighted by molar-refractivity contribution is -0.138. The van der Waals surface area contributed by atoms with Crippen molar-refractivity contribution in [1.82, 2.24) is 0 Å². The molecule has 106 valence electrons. The maximum absolute atomic E-state index is 12.9. The zero-order valence-corrected chi connectivity index (χ0v) is 11.6. The van der Waals surface area contributed by atoms with E-state index in [1.54, 1.807) is 0 Å². The average Bonchev–Trinajstić information content (AvgIpc) is 2.40. The summed E-state index contributed by atoms with van der Waals surface area (Å²) in [6.07, 6.45) is -4.45. The molecule has 0 saturated carbocycles. The second-order valence-corrected chi connectivity index (χ2v) is 4.57. The molecule has 2 rings (SSSR count). The van der Waals surface area contributed by atoms with Crippen molar-refractivity contribution in [2.75, 3.05) is 0 Å². The molecule has 0 spiro atoms. The van der Waals surface area contributed by atoms with Gasteiger partial charge < -0.3 is 4.74 Å². The van der Waals surface area contributed by atoms with Gasteiger partial charge >= 0.3 is 6.18 Å². The zero-order valence-electron chi connectivity index (χ0n) is 10.0. The van der Waals surface area contributed by atoms with E-state index in [-0.39, 0.29) is 22.4 Å². The third kappa shape index (κ3) is 3.50. The number of alkyl halides is 4. The Bertz CT molecular complexity index is 593. The zero-order chi connectivity index (χ0) is 14.8. The first-order valence-electron chi connectivity index (χ1n) is 5.59. The number of hydrogen-bond acceptors (Lipinski definition) is 1. The maximum atomic E-state index is 12.9. The summed E-state index contributed by atoms with van der Waals surface area (Å²) < 4.78 is 56.7. The molecule has 0 N–H and O–H groups in total. The Kier molecular flexibility index (Phi) is 4.32. The van der Waals surface area contributed by atoms with Gasteiger partial charge in [-0.05, 0) is 42.0 Å². The highest BCUT2D eigenvalue weighted by atomic mass is 79.9. The molecular weight excluding hydrogens is 340 g/mol. The van der Waals surface area contributed by atoms with Crippen molar-refractivity contribution >= 4 is 15.9 Å². The van der Waals surface area contributed by atoms with Crippen molar-refractivity contribution in [1.29, 1.82) is 0 Å². The molecule has 1 nitrogen and oxygen atoms in total. The van der Waals surface area contributed by atoms with Crippen molar-refractivity contribution in [2.45, 2.75) is 11.5 Å². The van der Waals surface area contributed by atoms with Gasteiger partial charge in [0.25, 0.3) is 0 Å². The lowest BCUT2D eigenvalue weighted by Crippen LogP contribution is -2.08. The molecule has 0 amide bonds. The largest absolute Gasteiger partial charge is 0.457 e. The maximum Gasteiger partial charge on any atom is 0.416 e. The van der Waals surface area contributed by atoms with Crippen LogP contribution >= 0.6 is 15.9 Å². The van der Waals surface area contributed by atoms with E-state index in [1.807, 2.05) is 0 Å². The van der Waals surface area contributed by atoms with Gasteiger partial charge in [-0.25, -0.2) is 4.39 Å². The van der Waals surface area contributed by atoms with Crippen LogP contribution in [0.2, 0.25) is 0 Å². The predicted molar refractivity (Wildman–Crippen MR) is 70.5 cm³/mol. The SMILES string of the molecule is Fc1ccc(Oc2ccc(CBr)c(C(F)(F)F)c2)cc1. The number of rotatable bonds is 3. The topological polar surface area (TPSA) is 9.23 Å². The fraction of sp³-hybridized carbons (Fsp3) is 0.143. The second-order valence-electron chi connectivity index (χ2n) is 4.01. The molecule has 2 aromatic carbocycles. The Morgan fingerprint density at radius 3 is 2.10 bits per heavy atom. The van der Waals surface area contributed by atoms with Crippen molar-refractivity contribution in [3.63, 3.8) is 0 Å². The van der Waals surface area contributed by atoms with Crippen LogP contribution in [0.1, 0.15) is 11.1 Å². The summed E-state index contributed by atoms with van der Waals surface area (Å²) in [4.78, 5) is 0. The van der Waals surface area contributed by atoms with E-state index in [1.165, 1.54) is 36.4 Å². The molecule has 0 atom stereocenters. The van der Waals surface area contributed by atoms with E-state index in [2.05, 4.69) is 15.9 Å². The first kappa shape index (κ1) is 14.8. The first-order chi connectivity index (χ1) is 9.40. The molecule has 0 radical (unpaired) electrons. The second kappa shape index (κ2) is 5.83. The fourth-order valence-corrected chi connectivity index (χ4v) is 2.13. The molecule has 0 heterocycles. The molecule has 6 heteroatoms. The minimum absolute atomic E-state index is 0.0497. The fourth-order valence-electron chi connectivity index (χ4n) is 1.64. The van der Waals surface area contributed by atoms with Gasteiger partial charge in [-0.3, -0.25) is 0 Å². The molecule has 0 saturated heterocycles. The van der Waals surface area contributed by atoms with Crippen LogP contribution in [-0.2, 0) is 11.5 Å². The molecule has 0 aromatic heterocycles. The van der Waals surface area contributed by atoms with Gasteiger partial charge in [-0.15, -0.1) is 0 Å². The van der Waals surface area contributed by atoms with Gasteiger partial charge in [-0.1, -0.05) is 22.0 Å². The third-order valence-corrected chi connectivity index (χ3v) is 3.18. The first-order valence-corrected chi connectivity index (χ1v) is 6.72. The van der Waals surface area contributed by atoms with E-state index >= 15 is 0 Å². The van der Waals surface area contributed by atoms with E-state index in [0.29, 0.717) is 0 Å². The summed E-state index contributed by atoms with van der Waals surface area (Å²) >= 11 is 3.02. The normalized spacial score (nSPS) is 11.4.